The van der Waals surface area contributed by atoms with Crippen LogP contribution in [0.2, 0.25) is 0 Å². The molecule has 0 unspecified atom stereocenters. The third kappa shape index (κ3) is 3.92. The van der Waals surface area contributed by atoms with E-state index in [1.807, 2.05) is 30.3 Å². The molecule has 134 valence electrons. The van der Waals surface area contributed by atoms with Gasteiger partial charge in [-0.15, -0.1) is 0 Å². The number of carbonyl (C=O) groups is 1. The molecule has 0 aliphatic carbocycles. The van der Waals surface area contributed by atoms with Gasteiger partial charge in [0.2, 0.25) is 0 Å². The molecule has 1 aromatic heterocycles. The van der Waals surface area contributed by atoms with Gasteiger partial charge in [-0.25, -0.2) is 5.48 Å². The Morgan fingerprint density at radius 3 is 2.64 bits per heavy atom. The summed E-state index contributed by atoms with van der Waals surface area (Å²) < 4.78 is 17.4. The topological polar surface area (TPSA) is 104 Å². The lowest BCUT2D eigenvalue weighted by Gasteiger charge is -2.36. The number of aromatic nitrogens is 1. The monoisotopic (exact) mass is 363 g/mol. The summed E-state index contributed by atoms with van der Waals surface area (Å²) in [6.07, 6.45) is 0.669. The molecule has 1 amide bonds. The first-order valence-electron chi connectivity index (χ1n) is 7.97. The minimum atomic E-state index is -2.15. The van der Waals surface area contributed by atoms with E-state index in [0.29, 0.717) is 35.8 Å². The molecule has 1 aromatic carbocycles. The predicted molar refractivity (Wildman–Crippen MR) is 95.7 cm³/mol. The highest BCUT2D eigenvalue weighted by Gasteiger charge is 2.41. The van der Waals surface area contributed by atoms with Gasteiger partial charge in [-0.05, 0) is 28.2 Å². The quantitative estimate of drug-likeness (QED) is 0.419. The van der Waals surface area contributed by atoms with Gasteiger partial charge in [0.1, 0.15) is 11.2 Å². The van der Waals surface area contributed by atoms with Crippen molar-refractivity contribution in [3.8, 4) is 11.3 Å². The summed E-state index contributed by atoms with van der Waals surface area (Å²) in [7, 11) is -2.15. The van der Waals surface area contributed by atoms with Crippen LogP contribution in [0.5, 0.6) is 0 Å². The molecule has 3 rings (SSSR count). The molecular weight excluding hydrogens is 342 g/mol. The molecule has 0 bridgehead atoms. The van der Waals surface area contributed by atoms with Gasteiger partial charge in [0.25, 0.3) is 5.91 Å². The Morgan fingerprint density at radius 1 is 1.32 bits per heavy atom. The summed E-state index contributed by atoms with van der Waals surface area (Å²) >= 11 is 0. The van der Waals surface area contributed by atoms with Crippen molar-refractivity contribution in [2.24, 2.45) is 0 Å². The van der Waals surface area contributed by atoms with Crippen LogP contribution in [-0.2, 0) is 20.9 Å². The fourth-order valence-corrected chi connectivity index (χ4v) is 4.58. The van der Waals surface area contributed by atoms with Crippen molar-refractivity contribution in [2.75, 3.05) is 11.5 Å². The lowest BCUT2D eigenvalue weighted by atomic mass is 9.91. The lowest BCUT2D eigenvalue weighted by Crippen LogP contribution is -2.59. The Balaban J connectivity index is 1.72. The number of hydroxylamine groups is 1. The van der Waals surface area contributed by atoms with E-state index in [1.54, 1.807) is 11.5 Å². The van der Waals surface area contributed by atoms with Crippen LogP contribution in [0, 0.1) is 0 Å². The van der Waals surface area contributed by atoms with Crippen LogP contribution in [0.3, 0.4) is 0 Å². The Hall–Kier alpha value is -2.16. The number of amides is 1. The van der Waals surface area contributed by atoms with Gasteiger partial charge in [-0.1, -0.05) is 35.5 Å². The van der Waals surface area contributed by atoms with E-state index in [-0.39, 0.29) is 6.54 Å². The largest absolute Gasteiger partial charge is 0.359 e. The highest BCUT2D eigenvalue weighted by atomic mass is 32.2. The van der Waals surface area contributed by atoms with E-state index in [4.69, 9.17) is 9.73 Å². The standard InChI is InChI=1S/C17H21N3O4S/c1-25(23)9-7-17(8-10-25,16(21)19-22)18-12-14-11-15(20-24-14)13-5-3-2-4-6-13/h2-6,11,18,22H,1,7-10,12H2,(H,19,21). The zero-order valence-corrected chi connectivity index (χ0v) is 14.6. The molecule has 0 spiro atoms. The Kier molecular flexibility index (Phi) is 4.94. The molecule has 0 saturated carbocycles. The average molecular weight is 363 g/mol. The van der Waals surface area contributed by atoms with Crippen LogP contribution in [0.4, 0.5) is 0 Å². The first kappa shape index (κ1) is 17.7. The number of nitrogens with one attached hydrogen (secondary N) is 2. The molecule has 1 fully saturated rings. The molecule has 1 aliphatic rings. The summed E-state index contributed by atoms with van der Waals surface area (Å²) in [6.45, 7) is 0.269. The highest BCUT2D eigenvalue weighted by Crippen LogP contribution is 2.25. The normalized spacial score (nSPS) is 26.3. The summed E-state index contributed by atoms with van der Waals surface area (Å²) in [6, 6.07) is 11.4. The van der Waals surface area contributed by atoms with E-state index in [0.717, 1.165) is 5.56 Å². The predicted octanol–water partition coefficient (Wildman–Crippen LogP) is 1.19. The smallest absolute Gasteiger partial charge is 0.263 e. The summed E-state index contributed by atoms with van der Waals surface area (Å²) in [5.41, 5.74) is 2.37. The molecule has 1 saturated heterocycles. The number of hydrogen-bond donors (Lipinski definition) is 3. The van der Waals surface area contributed by atoms with E-state index in [1.165, 1.54) is 0 Å². The zero-order valence-electron chi connectivity index (χ0n) is 13.7. The second-order valence-corrected chi connectivity index (χ2v) is 9.04. The first-order chi connectivity index (χ1) is 11.9. The molecule has 0 atom stereocenters. The van der Waals surface area contributed by atoms with Crippen LogP contribution in [0.15, 0.2) is 40.9 Å². The molecular formula is C17H21N3O4S. The molecule has 3 N–H and O–H groups in total. The number of nitrogens with zero attached hydrogens (tertiary/aromatic N) is 1. The first-order valence-corrected chi connectivity index (χ1v) is 10.0. The van der Waals surface area contributed by atoms with Crippen LogP contribution in [0.1, 0.15) is 18.6 Å². The average Bonchev–Trinajstić information content (AvgIpc) is 3.10. The number of benzene rings is 1. The minimum Gasteiger partial charge on any atom is -0.359 e. The molecule has 2 aromatic rings. The summed E-state index contributed by atoms with van der Waals surface area (Å²) in [4.78, 5) is 12.2. The van der Waals surface area contributed by atoms with Gasteiger partial charge in [0.05, 0.1) is 6.54 Å². The Morgan fingerprint density at radius 2 is 2.00 bits per heavy atom. The third-order valence-electron chi connectivity index (χ3n) is 4.57. The molecule has 1 aliphatic heterocycles. The van der Waals surface area contributed by atoms with Crippen molar-refractivity contribution in [3.05, 3.63) is 42.2 Å². The summed E-state index contributed by atoms with van der Waals surface area (Å²) in [5.74, 6) is 4.41. The van der Waals surface area contributed by atoms with Crippen LogP contribution in [0.25, 0.3) is 11.3 Å². The third-order valence-corrected chi connectivity index (χ3v) is 6.46. The van der Waals surface area contributed by atoms with Crippen molar-refractivity contribution >= 4 is 21.3 Å². The Bertz CT molecular complexity index is 832. The highest BCUT2D eigenvalue weighted by molar-refractivity contribution is 8.00. The van der Waals surface area contributed by atoms with Crippen LogP contribution < -0.4 is 10.8 Å². The van der Waals surface area contributed by atoms with E-state index in [9.17, 15) is 9.00 Å². The van der Waals surface area contributed by atoms with Gasteiger partial charge in [-0.3, -0.25) is 19.5 Å². The van der Waals surface area contributed by atoms with Crippen molar-refractivity contribution in [1.29, 1.82) is 0 Å². The second kappa shape index (κ2) is 6.99. The van der Waals surface area contributed by atoms with Gasteiger partial charge in [-0.2, -0.15) is 0 Å². The fraction of sp³-hybridized carbons (Fsp3) is 0.353. The second-order valence-electron chi connectivity index (χ2n) is 6.30. The zero-order chi connectivity index (χ0) is 17.9. The van der Waals surface area contributed by atoms with Crippen molar-refractivity contribution in [2.45, 2.75) is 24.9 Å². The van der Waals surface area contributed by atoms with E-state index in [2.05, 4.69) is 16.3 Å². The van der Waals surface area contributed by atoms with Crippen LogP contribution >= 0.6 is 0 Å². The van der Waals surface area contributed by atoms with Gasteiger partial charge >= 0.3 is 0 Å². The van der Waals surface area contributed by atoms with E-state index >= 15 is 0 Å². The van der Waals surface area contributed by atoms with Crippen molar-refractivity contribution in [1.82, 2.24) is 16.0 Å². The van der Waals surface area contributed by atoms with Gasteiger partial charge in [0, 0.05) is 23.1 Å². The maximum absolute atomic E-state index is 12.2. The summed E-state index contributed by atoms with van der Waals surface area (Å²) in [5, 5.41) is 16.3. The van der Waals surface area contributed by atoms with Crippen LogP contribution in [-0.4, -0.2) is 43.4 Å². The maximum Gasteiger partial charge on any atom is 0.263 e. The lowest BCUT2D eigenvalue weighted by molar-refractivity contribution is -0.136. The van der Waals surface area contributed by atoms with Gasteiger partial charge in [0.15, 0.2) is 5.76 Å². The molecule has 25 heavy (non-hydrogen) atoms. The van der Waals surface area contributed by atoms with Gasteiger partial charge < -0.3 is 4.52 Å². The fourth-order valence-electron chi connectivity index (χ4n) is 2.94. The SMILES string of the molecule is C=S1(=O)CCC(NCc2cc(-c3ccccc3)no2)(C(=O)NO)CC1. The van der Waals surface area contributed by atoms with Crippen molar-refractivity contribution < 1.29 is 18.7 Å². The number of carbonyl (C=O) groups excluding carboxylic acids is 1. The Labute approximate surface area is 146 Å². The molecule has 2 heterocycles. The van der Waals surface area contributed by atoms with E-state index < -0.39 is 21.0 Å². The molecule has 0 radical (unpaired) electrons. The maximum atomic E-state index is 12.2. The molecule has 8 heteroatoms. The minimum absolute atomic E-state index is 0.269. The molecule has 7 nitrogen and oxygen atoms in total. The number of rotatable bonds is 5. The number of hydrogen-bond acceptors (Lipinski definition) is 6. The van der Waals surface area contributed by atoms with Crippen molar-refractivity contribution in [3.63, 3.8) is 0 Å².